The molecule has 172 valence electrons. The maximum absolute atomic E-state index is 12.8. The number of ether oxygens (including phenoxy) is 1. The molecule has 3 rings (SSSR count). The minimum absolute atomic E-state index is 0.0735. The molecule has 9 nitrogen and oxygen atoms in total. The lowest BCUT2D eigenvalue weighted by Crippen LogP contribution is -2.22. The summed E-state index contributed by atoms with van der Waals surface area (Å²) in [6.45, 7) is 0.791. The predicted octanol–water partition coefficient (Wildman–Crippen LogP) is 1.74. The first-order chi connectivity index (χ1) is 14.9. The highest BCUT2D eigenvalue weighted by molar-refractivity contribution is 7.90. The number of methoxy groups -OCH3 is 1. The van der Waals surface area contributed by atoms with Gasteiger partial charge in [-0.2, -0.15) is 4.99 Å². The Labute approximate surface area is 190 Å². The number of carbonyl (C=O) groups is 1. The van der Waals surface area contributed by atoms with Crippen molar-refractivity contribution in [2.45, 2.75) is 16.3 Å². The van der Waals surface area contributed by atoms with E-state index in [1.54, 1.807) is 23.8 Å². The second-order valence-electron chi connectivity index (χ2n) is 7.16. The van der Waals surface area contributed by atoms with Crippen LogP contribution in [0.4, 0.5) is 0 Å². The highest BCUT2D eigenvalue weighted by atomic mass is 32.2. The van der Waals surface area contributed by atoms with E-state index < -0.39 is 25.8 Å². The van der Waals surface area contributed by atoms with Crippen LogP contribution in [0.5, 0.6) is 0 Å². The van der Waals surface area contributed by atoms with Crippen molar-refractivity contribution < 1.29 is 26.4 Å². The molecular formula is C20H23N3O6S3. The van der Waals surface area contributed by atoms with Crippen LogP contribution in [0.3, 0.4) is 0 Å². The van der Waals surface area contributed by atoms with Crippen LogP contribution >= 0.6 is 11.3 Å². The van der Waals surface area contributed by atoms with Crippen molar-refractivity contribution in [3.63, 3.8) is 0 Å². The average molecular weight is 498 g/mol. The molecule has 0 saturated carbocycles. The van der Waals surface area contributed by atoms with Gasteiger partial charge in [-0.1, -0.05) is 11.3 Å². The summed E-state index contributed by atoms with van der Waals surface area (Å²) in [5, 5.41) is 0. The fourth-order valence-electron chi connectivity index (χ4n) is 2.90. The molecule has 2 aromatic carbocycles. The Hall–Kier alpha value is -2.38. The van der Waals surface area contributed by atoms with E-state index in [-0.39, 0.29) is 15.4 Å². The number of carbonyl (C=O) groups excluding carboxylic acids is 1. The number of amides is 1. The second kappa shape index (κ2) is 9.24. The Kier molecular flexibility index (Phi) is 7.00. The van der Waals surface area contributed by atoms with Crippen molar-refractivity contribution >= 4 is 47.3 Å². The molecule has 0 saturated heterocycles. The van der Waals surface area contributed by atoms with E-state index in [1.807, 2.05) is 0 Å². The van der Waals surface area contributed by atoms with Crippen LogP contribution in [0.25, 0.3) is 10.2 Å². The van der Waals surface area contributed by atoms with Crippen LogP contribution < -0.4 is 4.80 Å². The van der Waals surface area contributed by atoms with Gasteiger partial charge in [-0.05, 0) is 42.5 Å². The van der Waals surface area contributed by atoms with Crippen LogP contribution in [0.1, 0.15) is 10.4 Å². The fraction of sp³-hybridized carbons (Fsp3) is 0.300. The second-order valence-corrected chi connectivity index (χ2v) is 12.3. The Morgan fingerprint density at radius 3 is 2.25 bits per heavy atom. The van der Waals surface area contributed by atoms with Gasteiger partial charge >= 0.3 is 0 Å². The molecule has 0 atom stereocenters. The van der Waals surface area contributed by atoms with Crippen LogP contribution in [0.2, 0.25) is 0 Å². The van der Waals surface area contributed by atoms with Crippen molar-refractivity contribution in [2.75, 3.05) is 34.1 Å². The first-order valence-corrected chi connectivity index (χ1v) is 13.5. The summed E-state index contributed by atoms with van der Waals surface area (Å²) in [6.07, 6.45) is 1.13. The summed E-state index contributed by atoms with van der Waals surface area (Å²) in [5.41, 5.74) is 0.966. The van der Waals surface area contributed by atoms with Crippen LogP contribution in [-0.2, 0) is 31.1 Å². The van der Waals surface area contributed by atoms with Gasteiger partial charge in [0.15, 0.2) is 14.6 Å². The number of rotatable bonds is 7. The lowest BCUT2D eigenvalue weighted by atomic mass is 10.2. The first-order valence-electron chi connectivity index (χ1n) is 9.39. The molecule has 0 aliphatic heterocycles. The van der Waals surface area contributed by atoms with Crippen molar-refractivity contribution in [3.05, 3.63) is 52.8 Å². The third-order valence-electron chi connectivity index (χ3n) is 4.68. The van der Waals surface area contributed by atoms with E-state index in [4.69, 9.17) is 4.74 Å². The monoisotopic (exact) mass is 497 g/mol. The molecule has 0 aliphatic carbocycles. The summed E-state index contributed by atoms with van der Waals surface area (Å²) in [5.74, 6) is -0.542. The van der Waals surface area contributed by atoms with E-state index >= 15 is 0 Å². The summed E-state index contributed by atoms with van der Waals surface area (Å²) in [7, 11) is -2.57. The van der Waals surface area contributed by atoms with E-state index in [1.165, 1.54) is 55.8 Å². The van der Waals surface area contributed by atoms with E-state index in [0.29, 0.717) is 22.7 Å². The van der Waals surface area contributed by atoms with Gasteiger partial charge in [0.05, 0.1) is 26.6 Å². The van der Waals surface area contributed by atoms with Crippen molar-refractivity contribution in [3.8, 4) is 0 Å². The van der Waals surface area contributed by atoms with Gasteiger partial charge in [-0.15, -0.1) is 0 Å². The van der Waals surface area contributed by atoms with E-state index in [9.17, 15) is 21.6 Å². The molecule has 0 spiro atoms. The number of hydrogen-bond acceptors (Lipinski definition) is 7. The zero-order valence-electron chi connectivity index (χ0n) is 18.0. The van der Waals surface area contributed by atoms with Crippen LogP contribution in [-0.4, -0.2) is 65.7 Å². The van der Waals surface area contributed by atoms with Gasteiger partial charge in [0.2, 0.25) is 10.0 Å². The number of nitrogens with zero attached hydrogens (tertiary/aromatic N) is 3. The summed E-state index contributed by atoms with van der Waals surface area (Å²) in [6, 6.07) is 10.3. The highest BCUT2D eigenvalue weighted by Gasteiger charge is 2.18. The normalized spacial score (nSPS) is 13.2. The van der Waals surface area contributed by atoms with Crippen molar-refractivity contribution in [2.24, 2.45) is 4.99 Å². The number of sulfone groups is 1. The molecule has 0 radical (unpaired) electrons. The summed E-state index contributed by atoms with van der Waals surface area (Å²) < 4.78 is 56.9. The predicted molar refractivity (Wildman–Crippen MR) is 122 cm³/mol. The molecule has 0 unspecified atom stereocenters. The Bertz CT molecular complexity index is 1430. The SMILES string of the molecule is COCCn1c(=NC(=O)c2ccc(S(=O)(=O)N(C)C)cc2)sc2cc(S(C)(=O)=O)ccc21. The minimum Gasteiger partial charge on any atom is -0.383 e. The van der Waals surface area contributed by atoms with Crippen molar-refractivity contribution in [1.29, 1.82) is 0 Å². The maximum atomic E-state index is 12.8. The van der Waals surface area contributed by atoms with Crippen molar-refractivity contribution in [1.82, 2.24) is 8.87 Å². The number of aromatic nitrogens is 1. The molecule has 32 heavy (non-hydrogen) atoms. The lowest BCUT2D eigenvalue weighted by Gasteiger charge is -2.11. The molecular weight excluding hydrogens is 474 g/mol. The van der Waals surface area contributed by atoms with Gasteiger partial charge in [-0.3, -0.25) is 4.79 Å². The number of benzene rings is 2. The van der Waals surface area contributed by atoms with E-state index in [2.05, 4.69) is 4.99 Å². The smallest absolute Gasteiger partial charge is 0.279 e. The fourth-order valence-corrected chi connectivity index (χ4v) is 5.62. The molecule has 12 heteroatoms. The Balaban J connectivity index is 2.07. The topological polar surface area (TPSA) is 115 Å². The molecule has 0 fully saturated rings. The number of sulfonamides is 1. The first kappa shape index (κ1) is 24.3. The highest BCUT2D eigenvalue weighted by Crippen LogP contribution is 2.22. The van der Waals surface area contributed by atoms with Crippen LogP contribution in [0, 0.1) is 0 Å². The molecule has 0 bridgehead atoms. The standard InChI is InChI=1S/C20H23N3O6S3/c1-22(2)32(27,28)15-7-5-14(6-8-15)19(24)21-20-23(11-12-29-3)17-10-9-16(31(4,25)26)13-18(17)30-20/h5-10,13H,11-12H2,1-4H3. The largest absolute Gasteiger partial charge is 0.383 e. The quantitative estimate of drug-likeness (QED) is 0.491. The average Bonchev–Trinajstić information content (AvgIpc) is 3.07. The van der Waals surface area contributed by atoms with E-state index in [0.717, 1.165) is 16.1 Å². The maximum Gasteiger partial charge on any atom is 0.279 e. The Morgan fingerprint density at radius 2 is 1.69 bits per heavy atom. The van der Waals surface area contributed by atoms with Gasteiger partial charge in [0.1, 0.15) is 0 Å². The van der Waals surface area contributed by atoms with Crippen LogP contribution in [0.15, 0.2) is 57.2 Å². The minimum atomic E-state index is -3.60. The third-order valence-corrected chi connectivity index (χ3v) is 8.66. The zero-order chi connectivity index (χ0) is 23.7. The van der Waals surface area contributed by atoms with Gasteiger partial charge in [0, 0.05) is 39.6 Å². The summed E-state index contributed by atoms with van der Waals surface area (Å²) in [4.78, 5) is 17.6. The third kappa shape index (κ3) is 4.99. The number of hydrogen-bond donors (Lipinski definition) is 0. The number of fused-ring (bicyclic) bond motifs is 1. The molecule has 0 aliphatic rings. The molecule has 1 heterocycles. The molecule has 0 N–H and O–H groups in total. The lowest BCUT2D eigenvalue weighted by molar-refractivity contribution is 0.0997. The zero-order valence-corrected chi connectivity index (χ0v) is 20.4. The Morgan fingerprint density at radius 1 is 1.06 bits per heavy atom. The molecule has 1 aromatic heterocycles. The van der Waals surface area contributed by atoms with Gasteiger partial charge in [0.25, 0.3) is 5.91 Å². The van der Waals surface area contributed by atoms with Gasteiger partial charge in [-0.25, -0.2) is 21.1 Å². The molecule has 1 amide bonds. The van der Waals surface area contributed by atoms with Gasteiger partial charge < -0.3 is 9.30 Å². The molecule has 3 aromatic rings. The summed E-state index contributed by atoms with van der Waals surface area (Å²) >= 11 is 1.19. The number of thiazole rings is 1.